The second-order valence-corrected chi connectivity index (χ2v) is 5.64. The summed E-state index contributed by atoms with van der Waals surface area (Å²) in [6.45, 7) is 1.62. The van der Waals surface area contributed by atoms with E-state index >= 15 is 0 Å². The van der Waals surface area contributed by atoms with Crippen molar-refractivity contribution in [3.8, 4) is 0 Å². The van der Waals surface area contributed by atoms with E-state index in [0.717, 1.165) is 30.0 Å². The summed E-state index contributed by atoms with van der Waals surface area (Å²) in [5, 5.41) is 3.82. The first-order valence-electron chi connectivity index (χ1n) is 6.08. The normalized spacial score (nSPS) is 14.2. The smallest absolute Gasteiger partial charge is 0.196 e. The predicted molar refractivity (Wildman–Crippen MR) is 74.0 cm³/mol. The standard InChI is InChI=1S/C14H13FN2OS/c15-9-3-1-8(2-4-9)13(18)12-10-5-6-17-7-11(10)19-14(12)16/h1-4,17H,5-7,16H2. The van der Waals surface area contributed by atoms with Gasteiger partial charge in [-0.15, -0.1) is 11.3 Å². The molecule has 0 fully saturated rings. The van der Waals surface area contributed by atoms with Crippen LogP contribution in [0.1, 0.15) is 26.4 Å². The van der Waals surface area contributed by atoms with Crippen molar-refractivity contribution >= 4 is 22.1 Å². The SMILES string of the molecule is Nc1sc2c(c1C(=O)c1ccc(F)cc1)CCNC2. The van der Waals surface area contributed by atoms with E-state index in [4.69, 9.17) is 5.73 Å². The Kier molecular flexibility index (Phi) is 3.08. The molecule has 3 nitrogen and oxygen atoms in total. The summed E-state index contributed by atoms with van der Waals surface area (Å²) in [6, 6.07) is 5.60. The molecule has 0 amide bonds. The number of ketones is 1. The van der Waals surface area contributed by atoms with Crippen molar-refractivity contribution in [2.45, 2.75) is 13.0 Å². The van der Waals surface area contributed by atoms with Crippen molar-refractivity contribution in [1.82, 2.24) is 5.32 Å². The first kappa shape index (κ1) is 12.3. The van der Waals surface area contributed by atoms with Crippen LogP contribution in [0.25, 0.3) is 0 Å². The van der Waals surface area contributed by atoms with Gasteiger partial charge in [-0.05, 0) is 42.8 Å². The van der Waals surface area contributed by atoms with Crippen LogP contribution >= 0.6 is 11.3 Å². The molecule has 98 valence electrons. The van der Waals surface area contributed by atoms with Crippen molar-refractivity contribution in [2.75, 3.05) is 12.3 Å². The van der Waals surface area contributed by atoms with Crippen molar-refractivity contribution in [2.24, 2.45) is 0 Å². The van der Waals surface area contributed by atoms with E-state index in [1.165, 1.54) is 35.6 Å². The van der Waals surface area contributed by atoms with Crippen LogP contribution in [0.5, 0.6) is 0 Å². The lowest BCUT2D eigenvalue weighted by Gasteiger charge is -2.13. The summed E-state index contributed by atoms with van der Waals surface area (Å²) in [4.78, 5) is 13.6. The Morgan fingerprint density at radius 1 is 1.32 bits per heavy atom. The summed E-state index contributed by atoms with van der Waals surface area (Å²) in [5.74, 6) is -0.460. The number of halogens is 1. The molecular formula is C14H13FN2OS. The van der Waals surface area contributed by atoms with E-state index < -0.39 is 0 Å². The molecule has 0 spiro atoms. The van der Waals surface area contributed by atoms with Gasteiger partial charge in [-0.2, -0.15) is 0 Å². The Labute approximate surface area is 114 Å². The molecule has 5 heteroatoms. The molecule has 0 atom stereocenters. The van der Waals surface area contributed by atoms with Crippen molar-refractivity contribution in [3.05, 3.63) is 51.7 Å². The van der Waals surface area contributed by atoms with Crippen LogP contribution in [-0.2, 0) is 13.0 Å². The number of anilines is 1. The molecule has 19 heavy (non-hydrogen) atoms. The topological polar surface area (TPSA) is 55.1 Å². The van der Waals surface area contributed by atoms with Crippen molar-refractivity contribution in [3.63, 3.8) is 0 Å². The zero-order valence-electron chi connectivity index (χ0n) is 10.2. The molecule has 0 radical (unpaired) electrons. The Balaban J connectivity index is 2.04. The minimum absolute atomic E-state index is 0.114. The van der Waals surface area contributed by atoms with Crippen LogP contribution in [-0.4, -0.2) is 12.3 Å². The Morgan fingerprint density at radius 3 is 2.79 bits per heavy atom. The molecule has 3 N–H and O–H groups in total. The lowest BCUT2D eigenvalue weighted by molar-refractivity contribution is 0.103. The summed E-state index contributed by atoms with van der Waals surface area (Å²) in [6.07, 6.45) is 0.811. The first-order chi connectivity index (χ1) is 9.16. The third kappa shape index (κ3) is 2.15. The Bertz CT molecular complexity index is 634. The van der Waals surface area contributed by atoms with Gasteiger partial charge in [-0.1, -0.05) is 0 Å². The molecule has 0 bridgehead atoms. The van der Waals surface area contributed by atoms with Crippen LogP contribution < -0.4 is 11.1 Å². The van der Waals surface area contributed by atoms with E-state index in [1.807, 2.05) is 0 Å². The summed E-state index contributed by atoms with van der Waals surface area (Å²) >= 11 is 1.46. The summed E-state index contributed by atoms with van der Waals surface area (Å²) < 4.78 is 12.9. The molecule has 2 heterocycles. The highest BCUT2D eigenvalue weighted by Gasteiger charge is 2.24. The van der Waals surface area contributed by atoms with Crippen LogP contribution in [0.3, 0.4) is 0 Å². The predicted octanol–water partition coefficient (Wildman–Crippen LogP) is 2.35. The fourth-order valence-electron chi connectivity index (χ4n) is 2.35. The van der Waals surface area contributed by atoms with Crippen LogP contribution in [0.2, 0.25) is 0 Å². The zero-order valence-corrected chi connectivity index (χ0v) is 11.0. The maximum Gasteiger partial charge on any atom is 0.196 e. The minimum atomic E-state index is -0.346. The van der Waals surface area contributed by atoms with Gasteiger partial charge < -0.3 is 11.1 Å². The molecular weight excluding hydrogens is 263 g/mol. The number of thiophene rings is 1. The highest BCUT2D eigenvalue weighted by molar-refractivity contribution is 7.16. The third-order valence-electron chi connectivity index (χ3n) is 3.29. The molecule has 0 aliphatic carbocycles. The maximum atomic E-state index is 12.9. The number of benzene rings is 1. The highest BCUT2D eigenvalue weighted by atomic mass is 32.1. The van der Waals surface area contributed by atoms with Crippen molar-refractivity contribution in [1.29, 1.82) is 0 Å². The molecule has 1 aromatic heterocycles. The quantitative estimate of drug-likeness (QED) is 0.828. The number of nitrogens with one attached hydrogen (secondary N) is 1. The fourth-order valence-corrected chi connectivity index (χ4v) is 3.44. The molecule has 0 unspecified atom stereocenters. The number of nitrogens with two attached hydrogens (primary N) is 1. The fraction of sp³-hybridized carbons (Fsp3) is 0.214. The van der Waals surface area contributed by atoms with E-state index in [0.29, 0.717) is 16.1 Å². The monoisotopic (exact) mass is 276 g/mol. The Hall–Kier alpha value is -1.72. The molecule has 0 saturated heterocycles. The van der Waals surface area contributed by atoms with E-state index in [9.17, 15) is 9.18 Å². The number of fused-ring (bicyclic) bond motifs is 1. The lowest BCUT2D eigenvalue weighted by Crippen LogP contribution is -2.23. The highest BCUT2D eigenvalue weighted by Crippen LogP contribution is 2.34. The van der Waals surface area contributed by atoms with Crippen LogP contribution in [0, 0.1) is 5.82 Å². The molecule has 1 aromatic carbocycles. The number of nitrogen functional groups attached to an aromatic ring is 1. The number of carbonyl (C=O) groups is 1. The lowest BCUT2D eigenvalue weighted by atomic mass is 9.97. The second kappa shape index (κ2) is 4.75. The van der Waals surface area contributed by atoms with Gasteiger partial charge in [0.2, 0.25) is 0 Å². The third-order valence-corrected chi connectivity index (χ3v) is 4.35. The van der Waals surface area contributed by atoms with Gasteiger partial charge in [0.05, 0.1) is 10.6 Å². The van der Waals surface area contributed by atoms with Crippen LogP contribution in [0.15, 0.2) is 24.3 Å². The van der Waals surface area contributed by atoms with Gasteiger partial charge in [-0.25, -0.2) is 4.39 Å². The molecule has 2 aromatic rings. The van der Waals surface area contributed by atoms with Gasteiger partial charge in [0, 0.05) is 17.0 Å². The van der Waals surface area contributed by atoms with Gasteiger partial charge >= 0.3 is 0 Å². The molecule has 0 saturated carbocycles. The van der Waals surface area contributed by atoms with Crippen molar-refractivity contribution < 1.29 is 9.18 Å². The maximum absolute atomic E-state index is 12.9. The minimum Gasteiger partial charge on any atom is -0.390 e. The number of hydrogen-bond donors (Lipinski definition) is 2. The average Bonchev–Trinajstić information content (AvgIpc) is 2.74. The van der Waals surface area contributed by atoms with Gasteiger partial charge in [0.15, 0.2) is 5.78 Å². The van der Waals surface area contributed by atoms with E-state index in [1.54, 1.807) is 0 Å². The zero-order chi connectivity index (χ0) is 13.4. The van der Waals surface area contributed by atoms with E-state index in [2.05, 4.69) is 5.32 Å². The second-order valence-electron chi connectivity index (χ2n) is 4.51. The van der Waals surface area contributed by atoms with Gasteiger partial charge in [-0.3, -0.25) is 4.79 Å². The van der Waals surface area contributed by atoms with Gasteiger partial charge in [0.1, 0.15) is 5.82 Å². The average molecular weight is 276 g/mol. The number of carbonyl (C=O) groups excluding carboxylic acids is 1. The van der Waals surface area contributed by atoms with Gasteiger partial charge in [0.25, 0.3) is 0 Å². The molecule has 1 aliphatic heterocycles. The Morgan fingerprint density at radius 2 is 2.05 bits per heavy atom. The largest absolute Gasteiger partial charge is 0.390 e. The van der Waals surface area contributed by atoms with Crippen LogP contribution in [0.4, 0.5) is 9.39 Å². The summed E-state index contributed by atoms with van der Waals surface area (Å²) in [7, 11) is 0. The molecule has 1 aliphatic rings. The first-order valence-corrected chi connectivity index (χ1v) is 6.89. The number of rotatable bonds is 2. The number of hydrogen-bond acceptors (Lipinski definition) is 4. The summed E-state index contributed by atoms with van der Waals surface area (Å²) in [5.41, 5.74) is 8.12. The molecule has 3 rings (SSSR count). The van der Waals surface area contributed by atoms with E-state index in [-0.39, 0.29) is 11.6 Å².